The zero-order valence-corrected chi connectivity index (χ0v) is 14.0. The molecule has 136 valence electrons. The molecule has 0 aliphatic carbocycles. The Labute approximate surface area is 148 Å². The molecule has 26 heavy (non-hydrogen) atoms. The summed E-state index contributed by atoms with van der Waals surface area (Å²) in [5.41, 5.74) is -0.000844. The van der Waals surface area contributed by atoms with Crippen molar-refractivity contribution in [3.63, 3.8) is 0 Å². The maximum Gasteiger partial charge on any atom is 0.286 e. The fourth-order valence-electron chi connectivity index (χ4n) is 3.22. The van der Waals surface area contributed by atoms with Crippen molar-refractivity contribution < 1.29 is 13.9 Å². The smallest absolute Gasteiger partial charge is 0.286 e. The molecule has 1 aromatic heterocycles. The van der Waals surface area contributed by atoms with Crippen LogP contribution in [-0.2, 0) is 11.3 Å². The molecule has 2 aromatic rings. The van der Waals surface area contributed by atoms with Gasteiger partial charge < -0.3 is 15.0 Å². The molecule has 2 aliphatic rings. The maximum atomic E-state index is 13.1. The molecule has 8 nitrogen and oxygen atoms in total. The van der Waals surface area contributed by atoms with Gasteiger partial charge >= 0.3 is 0 Å². The third-order valence-corrected chi connectivity index (χ3v) is 4.58. The molecule has 1 N–H and O–H groups in total. The first kappa shape index (κ1) is 16.6. The van der Waals surface area contributed by atoms with Crippen molar-refractivity contribution in [2.24, 2.45) is 0 Å². The van der Waals surface area contributed by atoms with E-state index >= 15 is 0 Å². The van der Waals surface area contributed by atoms with Gasteiger partial charge in [0.1, 0.15) is 5.82 Å². The number of halogens is 1. The Morgan fingerprint density at radius 1 is 1.27 bits per heavy atom. The van der Waals surface area contributed by atoms with Crippen LogP contribution in [0.5, 0.6) is 0 Å². The number of nitrogens with zero attached hydrogens (tertiary/aromatic N) is 4. The van der Waals surface area contributed by atoms with Gasteiger partial charge in [-0.2, -0.15) is 0 Å². The summed E-state index contributed by atoms with van der Waals surface area (Å²) in [4.78, 5) is 26.7. The summed E-state index contributed by atoms with van der Waals surface area (Å²) in [7, 11) is 0. The Hall–Kier alpha value is -2.81. The Bertz CT molecular complexity index is 877. The normalized spacial score (nSPS) is 18.8. The topological polar surface area (TPSA) is 89.3 Å². The molecule has 0 radical (unpaired) electrons. The molecule has 2 aliphatic heterocycles. The van der Waals surface area contributed by atoms with Crippen molar-refractivity contribution in [3.8, 4) is 0 Å². The summed E-state index contributed by atoms with van der Waals surface area (Å²) >= 11 is 0. The average Bonchev–Trinajstić information content (AvgIpc) is 3.31. The van der Waals surface area contributed by atoms with E-state index in [2.05, 4.69) is 15.5 Å². The first-order chi connectivity index (χ1) is 12.6. The first-order valence-electron chi connectivity index (χ1n) is 8.54. The van der Waals surface area contributed by atoms with Gasteiger partial charge in [0, 0.05) is 31.9 Å². The van der Waals surface area contributed by atoms with Crippen LogP contribution in [-0.4, -0.2) is 46.5 Å². The Morgan fingerprint density at radius 2 is 2.08 bits per heavy atom. The minimum atomic E-state index is -0.548. The van der Waals surface area contributed by atoms with Gasteiger partial charge in [-0.05, 0) is 37.1 Å². The number of benzene rings is 1. The van der Waals surface area contributed by atoms with E-state index in [9.17, 15) is 14.0 Å². The summed E-state index contributed by atoms with van der Waals surface area (Å²) in [5.74, 6) is -0.541. The standard InChI is InChI=1S/C17H18FN5O3/c18-11-3-5-12(6-4-11)22-7-8-23-16(25)14(20-21-17(22)23)15(24)19-10-13-2-1-9-26-13/h3-6,13H,1-2,7-10H2,(H,19,24)/t13-/m0/s1. The molecule has 1 aromatic carbocycles. The van der Waals surface area contributed by atoms with E-state index < -0.39 is 11.5 Å². The van der Waals surface area contributed by atoms with Crippen LogP contribution >= 0.6 is 0 Å². The number of nitrogens with one attached hydrogen (secondary N) is 1. The summed E-state index contributed by atoms with van der Waals surface area (Å²) < 4.78 is 20.0. The number of hydrogen-bond donors (Lipinski definition) is 1. The quantitative estimate of drug-likeness (QED) is 0.870. The Balaban J connectivity index is 1.54. The Morgan fingerprint density at radius 3 is 2.81 bits per heavy atom. The molecule has 1 fully saturated rings. The monoisotopic (exact) mass is 359 g/mol. The van der Waals surface area contributed by atoms with Crippen LogP contribution < -0.4 is 15.8 Å². The van der Waals surface area contributed by atoms with Crippen LogP contribution in [0.1, 0.15) is 23.3 Å². The van der Waals surface area contributed by atoms with Gasteiger partial charge in [-0.25, -0.2) is 4.39 Å². The summed E-state index contributed by atoms with van der Waals surface area (Å²) in [5, 5.41) is 10.6. The number of ether oxygens (including phenoxy) is 1. The highest BCUT2D eigenvalue weighted by Crippen LogP contribution is 2.26. The number of carbonyl (C=O) groups excluding carboxylic acids is 1. The number of amides is 1. The fourth-order valence-corrected chi connectivity index (χ4v) is 3.22. The average molecular weight is 359 g/mol. The number of aromatic nitrogens is 3. The molecule has 0 bridgehead atoms. The van der Waals surface area contributed by atoms with Gasteiger partial charge in [-0.1, -0.05) is 0 Å². The number of fused-ring (bicyclic) bond motifs is 1. The molecular weight excluding hydrogens is 341 g/mol. The molecule has 0 saturated carbocycles. The second kappa shape index (κ2) is 6.83. The van der Waals surface area contributed by atoms with Gasteiger partial charge in [0.25, 0.3) is 11.5 Å². The highest BCUT2D eigenvalue weighted by molar-refractivity contribution is 5.91. The molecule has 0 spiro atoms. The van der Waals surface area contributed by atoms with E-state index in [0.717, 1.165) is 12.8 Å². The minimum Gasteiger partial charge on any atom is -0.376 e. The van der Waals surface area contributed by atoms with E-state index in [1.54, 1.807) is 17.0 Å². The van der Waals surface area contributed by atoms with Crippen LogP contribution in [0.2, 0.25) is 0 Å². The molecule has 3 heterocycles. The van der Waals surface area contributed by atoms with Crippen molar-refractivity contribution in [3.05, 3.63) is 46.1 Å². The SMILES string of the molecule is O=C(NC[C@@H]1CCCO1)c1nnc2n(c1=O)CCN2c1ccc(F)cc1. The number of rotatable bonds is 4. The predicted molar refractivity (Wildman–Crippen MR) is 91.0 cm³/mol. The van der Waals surface area contributed by atoms with Crippen LogP contribution in [0.3, 0.4) is 0 Å². The Kier molecular flexibility index (Phi) is 4.37. The number of anilines is 2. The number of hydrogen-bond acceptors (Lipinski definition) is 6. The first-order valence-corrected chi connectivity index (χ1v) is 8.54. The largest absolute Gasteiger partial charge is 0.376 e. The molecule has 9 heteroatoms. The molecular formula is C17H18FN5O3. The predicted octanol–water partition coefficient (Wildman–Crippen LogP) is 0.838. The van der Waals surface area contributed by atoms with Gasteiger partial charge in [0.15, 0.2) is 0 Å². The lowest BCUT2D eigenvalue weighted by atomic mass is 10.2. The second-order valence-electron chi connectivity index (χ2n) is 6.28. The van der Waals surface area contributed by atoms with E-state index in [4.69, 9.17) is 4.74 Å². The second-order valence-corrected chi connectivity index (χ2v) is 6.28. The third-order valence-electron chi connectivity index (χ3n) is 4.58. The lowest BCUT2D eigenvalue weighted by molar-refractivity contribution is 0.0851. The molecule has 1 atom stereocenters. The van der Waals surface area contributed by atoms with E-state index in [-0.39, 0.29) is 17.6 Å². The highest BCUT2D eigenvalue weighted by atomic mass is 19.1. The minimum absolute atomic E-state index is 0.0157. The van der Waals surface area contributed by atoms with E-state index in [1.807, 2.05) is 0 Å². The molecule has 1 amide bonds. The summed E-state index contributed by atoms with van der Waals surface area (Å²) in [6.07, 6.45) is 1.85. The lowest BCUT2D eigenvalue weighted by Crippen LogP contribution is -2.38. The van der Waals surface area contributed by atoms with Crippen molar-refractivity contribution in [1.29, 1.82) is 0 Å². The van der Waals surface area contributed by atoms with Crippen LogP contribution in [0.15, 0.2) is 29.1 Å². The van der Waals surface area contributed by atoms with Gasteiger partial charge in [-0.3, -0.25) is 14.2 Å². The zero-order valence-electron chi connectivity index (χ0n) is 14.0. The van der Waals surface area contributed by atoms with Crippen LogP contribution in [0.4, 0.5) is 16.0 Å². The van der Waals surface area contributed by atoms with E-state index in [0.29, 0.717) is 37.9 Å². The zero-order chi connectivity index (χ0) is 18.1. The van der Waals surface area contributed by atoms with Crippen molar-refractivity contribution in [2.45, 2.75) is 25.5 Å². The number of carbonyl (C=O) groups is 1. The fraction of sp³-hybridized carbons (Fsp3) is 0.412. The van der Waals surface area contributed by atoms with Crippen LogP contribution in [0, 0.1) is 5.82 Å². The molecule has 0 unspecified atom stereocenters. The van der Waals surface area contributed by atoms with Gasteiger partial charge in [0.2, 0.25) is 11.6 Å². The molecule has 4 rings (SSSR count). The van der Waals surface area contributed by atoms with Crippen molar-refractivity contribution in [1.82, 2.24) is 20.1 Å². The van der Waals surface area contributed by atoms with Crippen LogP contribution in [0.25, 0.3) is 0 Å². The van der Waals surface area contributed by atoms with E-state index in [1.165, 1.54) is 16.7 Å². The van der Waals surface area contributed by atoms with Gasteiger partial charge in [-0.15, -0.1) is 10.2 Å². The summed E-state index contributed by atoms with van der Waals surface area (Å²) in [6, 6.07) is 5.91. The lowest BCUT2D eigenvalue weighted by Gasteiger charge is -2.16. The van der Waals surface area contributed by atoms with Crippen molar-refractivity contribution in [2.75, 3.05) is 24.6 Å². The molecule has 1 saturated heterocycles. The van der Waals surface area contributed by atoms with Crippen molar-refractivity contribution >= 4 is 17.5 Å². The third kappa shape index (κ3) is 3.05. The maximum absolute atomic E-state index is 13.1. The van der Waals surface area contributed by atoms with Gasteiger partial charge in [0.05, 0.1) is 6.10 Å². The highest BCUT2D eigenvalue weighted by Gasteiger charge is 2.27. The summed E-state index contributed by atoms with van der Waals surface area (Å²) in [6.45, 7) is 1.92.